The lowest BCUT2D eigenvalue weighted by atomic mass is 10.2. The van der Waals surface area contributed by atoms with E-state index in [0.29, 0.717) is 12.2 Å². The summed E-state index contributed by atoms with van der Waals surface area (Å²) in [6.45, 7) is 1.81. The van der Waals surface area contributed by atoms with Gasteiger partial charge >= 0.3 is 0 Å². The maximum absolute atomic E-state index is 12.8. The molecule has 94 valence electrons. The van der Waals surface area contributed by atoms with Crippen molar-refractivity contribution in [1.29, 1.82) is 0 Å². The Bertz CT molecular complexity index is 426. The van der Waals surface area contributed by atoms with Gasteiger partial charge in [0.05, 0.1) is 0 Å². The normalized spacial score (nSPS) is 14.1. The van der Waals surface area contributed by atoms with Gasteiger partial charge in [0.2, 0.25) is 5.95 Å². The monoisotopic (exact) mass is 258 g/mol. The van der Waals surface area contributed by atoms with Gasteiger partial charge in [-0.15, -0.1) is 0 Å². The van der Waals surface area contributed by atoms with Gasteiger partial charge in [0, 0.05) is 28.9 Å². The molecule has 1 N–H and O–H groups in total. The number of nitrogens with zero attached hydrogens (tertiary/aromatic N) is 1. The lowest BCUT2D eigenvalue weighted by molar-refractivity contribution is 0.0933. The van der Waals surface area contributed by atoms with Crippen molar-refractivity contribution in [1.82, 2.24) is 10.3 Å². The second-order valence-electron chi connectivity index (χ2n) is 3.79. The molecule has 0 aliphatic carbocycles. The Morgan fingerprint density at radius 1 is 1.59 bits per heavy atom. The van der Waals surface area contributed by atoms with E-state index in [0.717, 1.165) is 0 Å². The van der Waals surface area contributed by atoms with Crippen LogP contribution in [0.4, 0.5) is 4.39 Å². The number of rotatable bonds is 5. The SMILES string of the molecule is CC(CCS(C)=O)NC(=O)c1cccc(F)n1. The van der Waals surface area contributed by atoms with Crippen molar-refractivity contribution in [3.63, 3.8) is 0 Å². The molecule has 0 spiro atoms. The highest BCUT2D eigenvalue weighted by Crippen LogP contribution is 2.00. The Labute approximate surface area is 102 Å². The highest BCUT2D eigenvalue weighted by atomic mass is 32.2. The summed E-state index contributed by atoms with van der Waals surface area (Å²) in [5.41, 5.74) is 0.0504. The third-order valence-electron chi connectivity index (χ3n) is 2.16. The van der Waals surface area contributed by atoms with Crippen LogP contribution in [-0.2, 0) is 10.8 Å². The van der Waals surface area contributed by atoms with Crippen molar-refractivity contribution >= 4 is 16.7 Å². The summed E-state index contributed by atoms with van der Waals surface area (Å²) in [4.78, 5) is 15.1. The highest BCUT2D eigenvalue weighted by Gasteiger charge is 2.11. The van der Waals surface area contributed by atoms with Gasteiger partial charge in [0.25, 0.3) is 5.91 Å². The van der Waals surface area contributed by atoms with Crippen molar-refractivity contribution in [3.05, 3.63) is 29.8 Å². The van der Waals surface area contributed by atoms with E-state index >= 15 is 0 Å². The largest absolute Gasteiger partial charge is 0.348 e. The van der Waals surface area contributed by atoms with E-state index < -0.39 is 22.7 Å². The molecular weight excluding hydrogens is 243 g/mol. The molecule has 1 aromatic rings. The summed E-state index contributed by atoms with van der Waals surface area (Å²) in [5.74, 6) is -0.572. The molecule has 4 nitrogen and oxygen atoms in total. The van der Waals surface area contributed by atoms with Crippen LogP contribution in [0.25, 0.3) is 0 Å². The molecule has 2 atom stereocenters. The summed E-state index contributed by atoms with van der Waals surface area (Å²) in [7, 11) is -0.876. The van der Waals surface area contributed by atoms with Crippen LogP contribution in [-0.4, -0.2) is 33.2 Å². The standard InChI is InChI=1S/C11H15FN2O2S/c1-8(6-7-17(2)16)13-11(15)9-4-3-5-10(12)14-9/h3-5,8H,6-7H2,1-2H3,(H,13,15). The van der Waals surface area contributed by atoms with Crippen molar-refractivity contribution in [2.45, 2.75) is 19.4 Å². The molecule has 0 aliphatic rings. The van der Waals surface area contributed by atoms with Crippen molar-refractivity contribution in [2.24, 2.45) is 0 Å². The average molecular weight is 258 g/mol. The summed E-state index contributed by atoms with van der Waals surface area (Å²) in [6.07, 6.45) is 2.23. The van der Waals surface area contributed by atoms with Gasteiger partial charge < -0.3 is 5.32 Å². The van der Waals surface area contributed by atoms with Gasteiger partial charge in [-0.2, -0.15) is 4.39 Å². The van der Waals surface area contributed by atoms with Gasteiger partial charge in [-0.05, 0) is 25.5 Å². The Kier molecular flexibility index (Phi) is 5.21. The summed E-state index contributed by atoms with van der Waals surface area (Å²) < 4.78 is 23.7. The molecule has 0 radical (unpaired) electrons. The van der Waals surface area contributed by atoms with Crippen LogP contribution >= 0.6 is 0 Å². The molecule has 17 heavy (non-hydrogen) atoms. The predicted molar refractivity (Wildman–Crippen MR) is 64.7 cm³/mol. The summed E-state index contributed by atoms with van der Waals surface area (Å²) in [6, 6.07) is 3.95. The third-order valence-corrected chi connectivity index (χ3v) is 2.97. The van der Waals surface area contributed by atoms with Gasteiger partial charge in [-0.3, -0.25) is 9.00 Å². The fourth-order valence-corrected chi connectivity index (χ4v) is 1.93. The van der Waals surface area contributed by atoms with Gasteiger partial charge in [0.1, 0.15) is 5.69 Å². The van der Waals surface area contributed by atoms with Crippen LogP contribution in [0.3, 0.4) is 0 Å². The van der Waals surface area contributed by atoms with Gasteiger partial charge in [-0.1, -0.05) is 6.07 Å². The topological polar surface area (TPSA) is 59.1 Å². The molecule has 1 rings (SSSR count). The molecule has 0 saturated carbocycles. The van der Waals surface area contributed by atoms with Crippen LogP contribution in [0.5, 0.6) is 0 Å². The molecular formula is C11H15FN2O2S. The van der Waals surface area contributed by atoms with E-state index in [9.17, 15) is 13.4 Å². The summed E-state index contributed by atoms with van der Waals surface area (Å²) in [5, 5.41) is 2.68. The molecule has 0 bridgehead atoms. The fraction of sp³-hybridized carbons (Fsp3) is 0.455. The number of carbonyl (C=O) groups is 1. The van der Waals surface area contributed by atoms with Crippen LogP contribution in [0, 0.1) is 5.95 Å². The van der Waals surface area contributed by atoms with E-state index in [1.54, 1.807) is 6.26 Å². The molecule has 1 aromatic heterocycles. The van der Waals surface area contributed by atoms with E-state index in [1.807, 2.05) is 6.92 Å². The number of carbonyl (C=O) groups excluding carboxylic acids is 1. The minimum Gasteiger partial charge on any atom is -0.348 e. The number of hydrogen-bond donors (Lipinski definition) is 1. The Morgan fingerprint density at radius 3 is 2.88 bits per heavy atom. The quantitative estimate of drug-likeness (QED) is 0.805. The van der Waals surface area contributed by atoms with E-state index in [2.05, 4.69) is 10.3 Å². The Morgan fingerprint density at radius 2 is 2.29 bits per heavy atom. The first kappa shape index (κ1) is 13.8. The van der Waals surface area contributed by atoms with Gasteiger partial charge in [0.15, 0.2) is 0 Å². The first-order chi connectivity index (χ1) is 7.99. The zero-order valence-electron chi connectivity index (χ0n) is 9.77. The lowest BCUT2D eigenvalue weighted by Gasteiger charge is -2.12. The smallest absolute Gasteiger partial charge is 0.270 e. The number of pyridine rings is 1. The fourth-order valence-electron chi connectivity index (χ4n) is 1.25. The van der Waals surface area contributed by atoms with E-state index in [-0.39, 0.29) is 11.7 Å². The predicted octanol–water partition coefficient (Wildman–Crippen LogP) is 1.11. The molecule has 0 aliphatic heterocycles. The van der Waals surface area contributed by atoms with E-state index in [1.165, 1.54) is 18.2 Å². The Balaban J connectivity index is 2.51. The maximum atomic E-state index is 12.8. The second kappa shape index (κ2) is 6.44. The summed E-state index contributed by atoms with van der Waals surface area (Å²) >= 11 is 0. The molecule has 2 unspecified atom stereocenters. The number of aromatic nitrogens is 1. The van der Waals surface area contributed by atoms with Crippen molar-refractivity contribution < 1.29 is 13.4 Å². The van der Waals surface area contributed by atoms with Crippen LogP contribution in [0.15, 0.2) is 18.2 Å². The van der Waals surface area contributed by atoms with Crippen LogP contribution < -0.4 is 5.32 Å². The van der Waals surface area contributed by atoms with Crippen molar-refractivity contribution in [2.75, 3.05) is 12.0 Å². The number of nitrogens with one attached hydrogen (secondary N) is 1. The average Bonchev–Trinajstić information content (AvgIpc) is 2.26. The van der Waals surface area contributed by atoms with E-state index in [4.69, 9.17) is 0 Å². The number of halogens is 1. The lowest BCUT2D eigenvalue weighted by Crippen LogP contribution is -2.34. The first-order valence-electron chi connectivity index (χ1n) is 5.22. The molecule has 1 heterocycles. The zero-order valence-corrected chi connectivity index (χ0v) is 10.6. The van der Waals surface area contributed by atoms with Crippen molar-refractivity contribution in [3.8, 4) is 0 Å². The highest BCUT2D eigenvalue weighted by molar-refractivity contribution is 7.84. The molecule has 6 heteroatoms. The van der Waals surface area contributed by atoms with Crippen LogP contribution in [0.2, 0.25) is 0 Å². The number of amides is 1. The molecule has 0 saturated heterocycles. The maximum Gasteiger partial charge on any atom is 0.270 e. The first-order valence-corrected chi connectivity index (χ1v) is 6.95. The minimum absolute atomic E-state index is 0.0504. The molecule has 0 aromatic carbocycles. The second-order valence-corrected chi connectivity index (χ2v) is 5.34. The third kappa shape index (κ3) is 5.04. The van der Waals surface area contributed by atoms with Gasteiger partial charge in [-0.25, -0.2) is 4.98 Å². The minimum atomic E-state index is -0.876. The molecule has 0 fully saturated rings. The number of hydrogen-bond acceptors (Lipinski definition) is 3. The Hall–Kier alpha value is -1.30. The van der Waals surface area contributed by atoms with Crippen LogP contribution in [0.1, 0.15) is 23.8 Å². The zero-order chi connectivity index (χ0) is 12.8. The molecule has 1 amide bonds.